The molecule has 0 bridgehead atoms. The summed E-state index contributed by atoms with van der Waals surface area (Å²) >= 11 is 0. The quantitative estimate of drug-likeness (QED) is 0.673. The maximum absolute atomic E-state index is 9.66. The second kappa shape index (κ2) is 8.27. The number of hydrogen-bond acceptors (Lipinski definition) is 4. The number of aliphatic hydroxyl groups excluding tert-OH is 1. The molecule has 1 aromatic carbocycles. The molecule has 0 aliphatic rings. The molecule has 0 aromatic heterocycles. The Morgan fingerprint density at radius 3 is 2.47 bits per heavy atom. The van der Waals surface area contributed by atoms with Gasteiger partial charge < -0.3 is 19.7 Å². The Labute approximate surface area is 115 Å². The SMILES string of the molecule is CC(C)(O)OC(CCCO)COCc1ccccc1. The van der Waals surface area contributed by atoms with E-state index in [1.807, 2.05) is 30.3 Å². The van der Waals surface area contributed by atoms with Crippen molar-refractivity contribution in [1.82, 2.24) is 0 Å². The lowest BCUT2D eigenvalue weighted by Crippen LogP contribution is -2.33. The molecule has 0 spiro atoms. The lowest BCUT2D eigenvalue weighted by Gasteiger charge is -2.26. The first-order chi connectivity index (χ1) is 9.01. The Morgan fingerprint density at radius 2 is 1.89 bits per heavy atom. The highest BCUT2D eigenvalue weighted by Crippen LogP contribution is 2.13. The highest BCUT2D eigenvalue weighted by molar-refractivity contribution is 5.13. The number of benzene rings is 1. The van der Waals surface area contributed by atoms with Gasteiger partial charge in [0.05, 0.1) is 19.3 Å². The van der Waals surface area contributed by atoms with Crippen LogP contribution >= 0.6 is 0 Å². The highest BCUT2D eigenvalue weighted by Gasteiger charge is 2.20. The summed E-state index contributed by atoms with van der Waals surface area (Å²) in [5, 5.41) is 18.5. The van der Waals surface area contributed by atoms with Crippen LogP contribution in [0.4, 0.5) is 0 Å². The second-order valence-electron chi connectivity index (χ2n) is 5.05. The zero-order valence-corrected chi connectivity index (χ0v) is 11.7. The predicted molar refractivity (Wildman–Crippen MR) is 73.6 cm³/mol. The minimum atomic E-state index is -1.18. The van der Waals surface area contributed by atoms with Crippen molar-refractivity contribution >= 4 is 0 Å². The van der Waals surface area contributed by atoms with Gasteiger partial charge in [0.2, 0.25) is 0 Å². The van der Waals surface area contributed by atoms with Gasteiger partial charge in [-0.1, -0.05) is 30.3 Å². The zero-order chi connectivity index (χ0) is 14.1. The van der Waals surface area contributed by atoms with Crippen LogP contribution in [0, 0.1) is 0 Å². The fourth-order valence-corrected chi connectivity index (χ4v) is 1.79. The largest absolute Gasteiger partial charge is 0.396 e. The molecule has 1 unspecified atom stereocenters. The predicted octanol–water partition coefficient (Wildman–Crippen LogP) is 2.09. The van der Waals surface area contributed by atoms with E-state index in [1.54, 1.807) is 13.8 Å². The molecule has 0 radical (unpaired) electrons. The van der Waals surface area contributed by atoms with Crippen molar-refractivity contribution in [3.8, 4) is 0 Å². The Hall–Kier alpha value is -0.940. The molecule has 0 aliphatic heterocycles. The van der Waals surface area contributed by atoms with E-state index in [2.05, 4.69) is 0 Å². The first-order valence-electron chi connectivity index (χ1n) is 6.64. The average Bonchev–Trinajstić information content (AvgIpc) is 2.35. The van der Waals surface area contributed by atoms with E-state index in [9.17, 15) is 5.11 Å². The average molecular weight is 268 g/mol. The minimum absolute atomic E-state index is 0.115. The molecule has 0 saturated heterocycles. The maximum Gasteiger partial charge on any atom is 0.160 e. The van der Waals surface area contributed by atoms with Gasteiger partial charge in [0.1, 0.15) is 0 Å². The number of aliphatic hydroxyl groups is 2. The lowest BCUT2D eigenvalue weighted by atomic mass is 10.2. The van der Waals surface area contributed by atoms with Crippen LogP contribution in [0.15, 0.2) is 30.3 Å². The monoisotopic (exact) mass is 268 g/mol. The molecular formula is C15H24O4. The Morgan fingerprint density at radius 1 is 1.21 bits per heavy atom. The van der Waals surface area contributed by atoms with Gasteiger partial charge in [-0.2, -0.15) is 0 Å². The fraction of sp³-hybridized carbons (Fsp3) is 0.600. The maximum atomic E-state index is 9.66. The van der Waals surface area contributed by atoms with Crippen molar-refractivity contribution in [2.45, 2.75) is 45.2 Å². The van der Waals surface area contributed by atoms with Crippen molar-refractivity contribution in [2.75, 3.05) is 13.2 Å². The van der Waals surface area contributed by atoms with Crippen molar-refractivity contribution in [2.24, 2.45) is 0 Å². The molecule has 0 heterocycles. The first kappa shape index (κ1) is 16.1. The highest BCUT2D eigenvalue weighted by atomic mass is 16.6. The van der Waals surface area contributed by atoms with Gasteiger partial charge in [0, 0.05) is 6.61 Å². The van der Waals surface area contributed by atoms with Crippen molar-refractivity contribution in [3.05, 3.63) is 35.9 Å². The molecule has 4 heteroatoms. The van der Waals surface area contributed by atoms with E-state index in [4.69, 9.17) is 14.6 Å². The van der Waals surface area contributed by atoms with Gasteiger partial charge in [-0.05, 0) is 32.3 Å². The van der Waals surface area contributed by atoms with Crippen LogP contribution in [0.2, 0.25) is 0 Å². The van der Waals surface area contributed by atoms with Crippen LogP contribution < -0.4 is 0 Å². The van der Waals surface area contributed by atoms with Crippen molar-refractivity contribution in [1.29, 1.82) is 0 Å². The number of ether oxygens (including phenoxy) is 2. The first-order valence-corrected chi connectivity index (χ1v) is 6.64. The van der Waals surface area contributed by atoms with Gasteiger partial charge in [0.25, 0.3) is 0 Å². The van der Waals surface area contributed by atoms with Crippen LogP contribution in [0.5, 0.6) is 0 Å². The standard InChI is InChI=1S/C15H24O4/c1-15(2,17)19-14(9-6-10-16)12-18-11-13-7-4-3-5-8-13/h3-5,7-8,14,16-17H,6,9-12H2,1-2H3. The molecule has 0 saturated carbocycles. The summed E-state index contributed by atoms with van der Waals surface area (Å²) in [6.07, 6.45) is 1.08. The summed E-state index contributed by atoms with van der Waals surface area (Å²) in [6, 6.07) is 9.90. The normalized spacial score (nSPS) is 13.5. The van der Waals surface area contributed by atoms with Crippen LogP contribution in [0.3, 0.4) is 0 Å². The third kappa shape index (κ3) is 7.95. The molecule has 108 valence electrons. The summed E-state index contributed by atoms with van der Waals surface area (Å²) < 4.78 is 11.1. The van der Waals surface area contributed by atoms with E-state index < -0.39 is 5.79 Å². The summed E-state index contributed by atoms with van der Waals surface area (Å²) in [5.74, 6) is -1.18. The summed E-state index contributed by atoms with van der Waals surface area (Å²) in [6.45, 7) is 4.22. The molecule has 0 amide bonds. The van der Waals surface area contributed by atoms with E-state index >= 15 is 0 Å². The molecule has 0 fully saturated rings. The van der Waals surface area contributed by atoms with Gasteiger partial charge in [-0.3, -0.25) is 0 Å². The van der Waals surface area contributed by atoms with Gasteiger partial charge in [-0.25, -0.2) is 0 Å². The molecular weight excluding hydrogens is 244 g/mol. The van der Waals surface area contributed by atoms with Gasteiger partial charge in [-0.15, -0.1) is 0 Å². The Bertz CT molecular complexity index is 332. The molecule has 2 N–H and O–H groups in total. The Kier molecular flexibility index (Phi) is 7.02. The third-order valence-electron chi connectivity index (χ3n) is 2.55. The van der Waals surface area contributed by atoms with Crippen LogP contribution in [0.25, 0.3) is 0 Å². The molecule has 4 nitrogen and oxygen atoms in total. The van der Waals surface area contributed by atoms with E-state index in [0.717, 1.165) is 5.56 Å². The molecule has 19 heavy (non-hydrogen) atoms. The zero-order valence-electron chi connectivity index (χ0n) is 11.7. The van der Waals surface area contributed by atoms with Gasteiger partial charge in [0.15, 0.2) is 5.79 Å². The van der Waals surface area contributed by atoms with Gasteiger partial charge >= 0.3 is 0 Å². The number of rotatable bonds is 9. The molecule has 0 aliphatic carbocycles. The van der Waals surface area contributed by atoms with E-state index in [0.29, 0.717) is 26.1 Å². The van der Waals surface area contributed by atoms with E-state index in [-0.39, 0.29) is 12.7 Å². The third-order valence-corrected chi connectivity index (χ3v) is 2.55. The minimum Gasteiger partial charge on any atom is -0.396 e. The molecule has 1 aromatic rings. The van der Waals surface area contributed by atoms with Crippen LogP contribution in [-0.2, 0) is 16.1 Å². The summed E-state index contributed by atoms with van der Waals surface area (Å²) in [5.41, 5.74) is 1.10. The molecule has 1 atom stereocenters. The van der Waals surface area contributed by atoms with Crippen LogP contribution in [-0.4, -0.2) is 35.3 Å². The van der Waals surface area contributed by atoms with E-state index in [1.165, 1.54) is 0 Å². The topological polar surface area (TPSA) is 58.9 Å². The smallest absolute Gasteiger partial charge is 0.160 e. The lowest BCUT2D eigenvalue weighted by molar-refractivity contribution is -0.218. The summed E-state index contributed by atoms with van der Waals surface area (Å²) in [4.78, 5) is 0. The van der Waals surface area contributed by atoms with Crippen molar-refractivity contribution < 1.29 is 19.7 Å². The summed E-state index contributed by atoms with van der Waals surface area (Å²) in [7, 11) is 0. The van der Waals surface area contributed by atoms with Crippen molar-refractivity contribution in [3.63, 3.8) is 0 Å². The molecule has 1 rings (SSSR count). The number of hydrogen-bond donors (Lipinski definition) is 2. The second-order valence-corrected chi connectivity index (χ2v) is 5.05. The van der Waals surface area contributed by atoms with Crippen LogP contribution in [0.1, 0.15) is 32.3 Å². The Balaban J connectivity index is 2.35. The fourth-order valence-electron chi connectivity index (χ4n) is 1.79.